The second kappa shape index (κ2) is 9.93. The first-order valence-electron chi connectivity index (χ1n) is 9.97. The Hall–Kier alpha value is -2.33. The van der Waals surface area contributed by atoms with Crippen molar-refractivity contribution in [3.8, 4) is 0 Å². The second-order valence-electron chi connectivity index (χ2n) is 8.52. The number of rotatable bonds is 7. The Morgan fingerprint density at radius 2 is 1.79 bits per heavy atom. The molecule has 5 heteroatoms. The summed E-state index contributed by atoms with van der Waals surface area (Å²) < 4.78 is 0. The van der Waals surface area contributed by atoms with Gasteiger partial charge in [0.1, 0.15) is 6.04 Å². The highest BCUT2D eigenvalue weighted by molar-refractivity contribution is 6.31. The number of hydrogen-bond acceptors (Lipinski definition) is 2. The minimum atomic E-state index is -0.575. The summed E-state index contributed by atoms with van der Waals surface area (Å²) in [5.41, 5.74) is 2.70. The molecule has 156 valence electrons. The van der Waals surface area contributed by atoms with Crippen molar-refractivity contribution in [1.82, 2.24) is 10.2 Å². The Kier molecular flexibility index (Phi) is 7.86. The minimum absolute atomic E-state index is 0.0667. The highest BCUT2D eigenvalue weighted by atomic mass is 35.5. The molecule has 2 rings (SSSR count). The molecule has 0 aliphatic heterocycles. The molecule has 2 amide bonds. The van der Waals surface area contributed by atoms with Gasteiger partial charge in [-0.15, -0.1) is 0 Å². The van der Waals surface area contributed by atoms with Gasteiger partial charge < -0.3 is 10.2 Å². The molecule has 4 nitrogen and oxygen atoms in total. The number of hydrogen-bond donors (Lipinski definition) is 1. The molecule has 0 heterocycles. The number of carbonyl (C=O) groups excluding carboxylic acids is 2. The first kappa shape index (κ1) is 23.0. The molecule has 0 saturated heterocycles. The van der Waals surface area contributed by atoms with Crippen LogP contribution in [0.3, 0.4) is 0 Å². The van der Waals surface area contributed by atoms with Crippen LogP contribution >= 0.6 is 11.6 Å². The SMILES string of the molecule is Cc1cccc(CN(C(=O)CCc2ccccc2Cl)[C@@H](C)C(=O)NC(C)(C)C)c1. The maximum Gasteiger partial charge on any atom is 0.242 e. The third-order valence-electron chi connectivity index (χ3n) is 4.67. The Bertz CT molecular complexity index is 858. The first-order chi connectivity index (χ1) is 13.6. The molecule has 0 saturated carbocycles. The van der Waals surface area contributed by atoms with Crippen molar-refractivity contribution in [2.75, 3.05) is 0 Å². The van der Waals surface area contributed by atoms with Crippen molar-refractivity contribution in [1.29, 1.82) is 0 Å². The maximum atomic E-state index is 13.1. The van der Waals surface area contributed by atoms with Gasteiger partial charge in [-0.25, -0.2) is 0 Å². The van der Waals surface area contributed by atoms with E-state index in [9.17, 15) is 9.59 Å². The Balaban J connectivity index is 2.19. The van der Waals surface area contributed by atoms with Crippen LogP contribution in [0.25, 0.3) is 0 Å². The van der Waals surface area contributed by atoms with Crippen molar-refractivity contribution >= 4 is 23.4 Å². The predicted octanol–water partition coefficient (Wildman–Crippen LogP) is 4.91. The van der Waals surface area contributed by atoms with Gasteiger partial charge in [0, 0.05) is 23.5 Å². The fourth-order valence-electron chi connectivity index (χ4n) is 3.15. The number of amides is 2. The van der Waals surface area contributed by atoms with Crippen molar-refractivity contribution in [2.24, 2.45) is 0 Å². The van der Waals surface area contributed by atoms with Crippen LogP contribution < -0.4 is 5.32 Å². The smallest absolute Gasteiger partial charge is 0.242 e. The summed E-state index contributed by atoms with van der Waals surface area (Å²) in [5, 5.41) is 3.64. The lowest BCUT2D eigenvalue weighted by Crippen LogP contribution is -2.52. The number of benzene rings is 2. The largest absolute Gasteiger partial charge is 0.350 e. The van der Waals surface area contributed by atoms with Gasteiger partial charge in [-0.2, -0.15) is 0 Å². The van der Waals surface area contributed by atoms with Crippen LogP contribution in [-0.2, 0) is 22.6 Å². The highest BCUT2D eigenvalue weighted by Gasteiger charge is 2.28. The van der Waals surface area contributed by atoms with Gasteiger partial charge in [0.15, 0.2) is 0 Å². The van der Waals surface area contributed by atoms with Crippen LogP contribution in [0.4, 0.5) is 0 Å². The summed E-state index contributed by atoms with van der Waals surface area (Å²) in [6.45, 7) is 9.99. The van der Waals surface area contributed by atoms with Crippen molar-refractivity contribution < 1.29 is 9.59 Å². The summed E-state index contributed by atoms with van der Waals surface area (Å²) >= 11 is 6.23. The molecular weight excluding hydrogens is 384 g/mol. The van der Waals surface area contributed by atoms with Crippen LogP contribution in [0.1, 0.15) is 50.8 Å². The van der Waals surface area contributed by atoms with Crippen molar-refractivity contribution in [3.05, 3.63) is 70.2 Å². The first-order valence-corrected chi connectivity index (χ1v) is 10.3. The zero-order chi connectivity index (χ0) is 21.6. The number of carbonyl (C=O) groups is 2. The lowest BCUT2D eigenvalue weighted by Gasteiger charge is -2.31. The molecule has 29 heavy (non-hydrogen) atoms. The molecule has 0 spiro atoms. The molecule has 1 N–H and O–H groups in total. The summed E-state index contributed by atoms with van der Waals surface area (Å²) in [6, 6.07) is 15.0. The van der Waals surface area contributed by atoms with E-state index in [0.717, 1.165) is 16.7 Å². The van der Waals surface area contributed by atoms with E-state index in [0.29, 0.717) is 24.4 Å². The van der Waals surface area contributed by atoms with Crippen LogP contribution in [0.5, 0.6) is 0 Å². The maximum absolute atomic E-state index is 13.1. The van der Waals surface area contributed by atoms with E-state index < -0.39 is 6.04 Å². The molecule has 1 atom stereocenters. The summed E-state index contributed by atoms with van der Waals surface area (Å²) in [7, 11) is 0. The van der Waals surface area contributed by atoms with Gasteiger partial charge in [-0.05, 0) is 58.2 Å². The predicted molar refractivity (Wildman–Crippen MR) is 119 cm³/mol. The molecule has 0 radical (unpaired) electrons. The number of halogens is 1. The van der Waals surface area contributed by atoms with Crippen molar-refractivity contribution in [2.45, 2.75) is 65.6 Å². The molecule has 0 unspecified atom stereocenters. The van der Waals surface area contributed by atoms with E-state index in [4.69, 9.17) is 11.6 Å². The average Bonchev–Trinajstić information content (AvgIpc) is 2.63. The third kappa shape index (κ3) is 7.21. The van der Waals surface area contributed by atoms with Gasteiger partial charge in [0.05, 0.1) is 0 Å². The number of aryl methyl sites for hydroxylation is 2. The lowest BCUT2D eigenvalue weighted by atomic mass is 10.1. The average molecular weight is 415 g/mol. The summed E-state index contributed by atoms with van der Waals surface area (Å²) in [6.07, 6.45) is 0.832. The second-order valence-corrected chi connectivity index (χ2v) is 8.92. The fourth-order valence-corrected chi connectivity index (χ4v) is 3.38. The van der Waals surface area contributed by atoms with Crippen LogP contribution in [0.15, 0.2) is 48.5 Å². The van der Waals surface area contributed by atoms with E-state index in [1.165, 1.54) is 0 Å². The monoisotopic (exact) mass is 414 g/mol. The van der Waals surface area contributed by atoms with Crippen LogP contribution in [-0.4, -0.2) is 28.3 Å². The normalized spacial score (nSPS) is 12.3. The summed E-state index contributed by atoms with van der Waals surface area (Å²) in [4.78, 5) is 27.6. The minimum Gasteiger partial charge on any atom is -0.350 e. The molecule has 0 aromatic heterocycles. The van der Waals surface area contributed by atoms with E-state index in [2.05, 4.69) is 5.32 Å². The van der Waals surface area contributed by atoms with E-state index in [-0.39, 0.29) is 17.4 Å². The number of nitrogens with zero attached hydrogens (tertiary/aromatic N) is 1. The van der Waals surface area contributed by atoms with Gasteiger partial charge in [0.25, 0.3) is 0 Å². The zero-order valence-corrected chi connectivity index (χ0v) is 18.7. The molecule has 0 aliphatic carbocycles. The van der Waals surface area contributed by atoms with Gasteiger partial charge in [0.2, 0.25) is 11.8 Å². The zero-order valence-electron chi connectivity index (χ0n) is 18.0. The van der Waals surface area contributed by atoms with Gasteiger partial charge >= 0.3 is 0 Å². The quantitative estimate of drug-likeness (QED) is 0.699. The van der Waals surface area contributed by atoms with Gasteiger partial charge in [-0.3, -0.25) is 9.59 Å². The molecule has 2 aromatic rings. The molecule has 0 bridgehead atoms. The fraction of sp³-hybridized carbons (Fsp3) is 0.417. The van der Waals surface area contributed by atoms with Crippen LogP contribution in [0, 0.1) is 6.92 Å². The summed E-state index contributed by atoms with van der Waals surface area (Å²) in [5.74, 6) is -0.223. The van der Waals surface area contributed by atoms with Crippen molar-refractivity contribution in [3.63, 3.8) is 0 Å². The molecule has 0 aliphatic rings. The Labute approximate surface area is 179 Å². The van der Waals surface area contributed by atoms with E-state index in [1.807, 2.05) is 76.2 Å². The Morgan fingerprint density at radius 3 is 2.41 bits per heavy atom. The standard InChI is InChI=1S/C24H31ClN2O2/c1-17-9-8-10-19(15-17)16-27(18(2)23(29)26-24(3,4)5)22(28)14-13-20-11-6-7-12-21(20)25/h6-12,15,18H,13-14,16H2,1-5H3,(H,26,29)/t18-/m0/s1. The highest BCUT2D eigenvalue weighted by Crippen LogP contribution is 2.19. The third-order valence-corrected chi connectivity index (χ3v) is 5.04. The molecule has 2 aromatic carbocycles. The number of nitrogens with one attached hydrogen (secondary N) is 1. The Morgan fingerprint density at radius 1 is 1.10 bits per heavy atom. The molecular formula is C24H31ClN2O2. The molecule has 0 fully saturated rings. The topological polar surface area (TPSA) is 49.4 Å². The van der Waals surface area contributed by atoms with Crippen LogP contribution in [0.2, 0.25) is 5.02 Å². The van der Waals surface area contributed by atoms with E-state index in [1.54, 1.807) is 11.8 Å². The van der Waals surface area contributed by atoms with E-state index >= 15 is 0 Å². The lowest BCUT2D eigenvalue weighted by molar-refractivity contribution is -0.141. The van der Waals surface area contributed by atoms with Gasteiger partial charge in [-0.1, -0.05) is 59.6 Å².